The molecule has 4 rings (SSSR count). The van der Waals surface area contributed by atoms with Crippen LogP contribution in [-0.2, 0) is 0 Å². The number of benzene rings is 1. The third-order valence-corrected chi connectivity index (χ3v) is 6.12. The van der Waals surface area contributed by atoms with Crippen LogP contribution in [0.25, 0.3) is 22.2 Å². The third-order valence-electron chi connectivity index (χ3n) is 6.12. The van der Waals surface area contributed by atoms with E-state index in [0.29, 0.717) is 40.9 Å². The van der Waals surface area contributed by atoms with Crippen LogP contribution in [0.4, 0.5) is 4.79 Å². The van der Waals surface area contributed by atoms with Crippen molar-refractivity contribution in [2.24, 2.45) is 11.8 Å². The van der Waals surface area contributed by atoms with E-state index in [-0.39, 0.29) is 5.91 Å². The first-order chi connectivity index (χ1) is 15.5. The molecule has 0 saturated heterocycles. The second-order valence-electron chi connectivity index (χ2n) is 8.30. The van der Waals surface area contributed by atoms with Crippen LogP contribution in [0.3, 0.4) is 0 Å². The molecule has 8 heteroatoms. The van der Waals surface area contributed by atoms with Crippen molar-refractivity contribution in [1.82, 2.24) is 15.6 Å². The van der Waals surface area contributed by atoms with Crippen molar-refractivity contribution in [2.75, 3.05) is 13.1 Å². The van der Waals surface area contributed by atoms with Gasteiger partial charge in [0.2, 0.25) is 0 Å². The summed E-state index contributed by atoms with van der Waals surface area (Å²) in [6.45, 7) is 1.08. The molecule has 32 heavy (non-hydrogen) atoms. The van der Waals surface area contributed by atoms with Gasteiger partial charge in [-0.2, -0.15) is 4.73 Å². The molecule has 0 aliphatic heterocycles. The van der Waals surface area contributed by atoms with Gasteiger partial charge in [0.15, 0.2) is 12.4 Å². The van der Waals surface area contributed by atoms with Crippen molar-refractivity contribution in [1.29, 1.82) is 0 Å². The standard InChI is InChI=1S/C24H26N4O4/c29-23(25-14-16-5-7-17(8-6-16)15-26-24(30)31)20-13-22(18-9-11-28(32)12-10-18)27-21-4-2-1-3-19(20)21/h1-4,9-13,16-17,26H,5-8,14-15H2,(H,25,29)(H,30,31). The Morgan fingerprint density at radius 1 is 1.00 bits per heavy atom. The maximum atomic E-state index is 13.1. The molecule has 0 bridgehead atoms. The Hall–Kier alpha value is -3.68. The summed E-state index contributed by atoms with van der Waals surface area (Å²) in [5.74, 6) is 0.604. The molecule has 1 fully saturated rings. The van der Waals surface area contributed by atoms with Crippen molar-refractivity contribution in [2.45, 2.75) is 25.7 Å². The first-order valence-corrected chi connectivity index (χ1v) is 10.8. The zero-order valence-electron chi connectivity index (χ0n) is 17.7. The van der Waals surface area contributed by atoms with Gasteiger partial charge in [0, 0.05) is 36.2 Å². The monoisotopic (exact) mass is 434 g/mol. The molecule has 1 aliphatic rings. The molecule has 1 saturated carbocycles. The van der Waals surface area contributed by atoms with E-state index in [1.54, 1.807) is 18.2 Å². The van der Waals surface area contributed by atoms with Gasteiger partial charge in [-0.15, -0.1) is 0 Å². The topological polar surface area (TPSA) is 118 Å². The summed E-state index contributed by atoms with van der Waals surface area (Å²) in [4.78, 5) is 28.4. The molecule has 0 atom stereocenters. The molecule has 3 aromatic rings. The number of carbonyl (C=O) groups is 2. The molecule has 8 nitrogen and oxygen atoms in total. The van der Waals surface area contributed by atoms with Gasteiger partial charge < -0.3 is 20.9 Å². The highest BCUT2D eigenvalue weighted by Gasteiger charge is 2.22. The number of aromatic nitrogens is 2. The second kappa shape index (κ2) is 9.64. The first kappa shape index (κ1) is 21.5. The van der Waals surface area contributed by atoms with Crippen LogP contribution in [0.2, 0.25) is 0 Å². The Morgan fingerprint density at radius 3 is 2.28 bits per heavy atom. The molecular formula is C24H26N4O4. The molecule has 1 aromatic carbocycles. The van der Waals surface area contributed by atoms with E-state index in [4.69, 9.17) is 5.11 Å². The Kier molecular flexibility index (Phi) is 6.49. The normalized spacial score (nSPS) is 18.2. The number of para-hydroxylation sites is 1. The fraction of sp³-hybridized carbons (Fsp3) is 0.333. The summed E-state index contributed by atoms with van der Waals surface area (Å²) in [6.07, 6.45) is 5.68. The van der Waals surface area contributed by atoms with Crippen LogP contribution in [0.15, 0.2) is 54.9 Å². The van der Waals surface area contributed by atoms with Crippen molar-refractivity contribution in [3.8, 4) is 11.3 Å². The first-order valence-electron chi connectivity index (χ1n) is 10.8. The zero-order chi connectivity index (χ0) is 22.5. The summed E-state index contributed by atoms with van der Waals surface area (Å²) in [6, 6.07) is 12.7. The molecule has 166 valence electrons. The molecule has 0 unspecified atom stereocenters. The van der Waals surface area contributed by atoms with Gasteiger partial charge in [0.05, 0.1) is 16.8 Å². The fourth-order valence-electron chi connectivity index (χ4n) is 4.30. The minimum Gasteiger partial charge on any atom is -0.619 e. The van der Waals surface area contributed by atoms with Crippen LogP contribution >= 0.6 is 0 Å². The number of amides is 2. The molecule has 1 aliphatic carbocycles. The highest BCUT2D eigenvalue weighted by atomic mass is 16.5. The van der Waals surface area contributed by atoms with Crippen LogP contribution in [0, 0.1) is 17.0 Å². The number of hydrogen-bond donors (Lipinski definition) is 3. The lowest BCUT2D eigenvalue weighted by atomic mass is 9.82. The van der Waals surface area contributed by atoms with Crippen LogP contribution in [-0.4, -0.2) is 35.2 Å². The zero-order valence-corrected chi connectivity index (χ0v) is 17.7. The van der Waals surface area contributed by atoms with Crippen molar-refractivity contribution in [3.63, 3.8) is 0 Å². The number of carbonyl (C=O) groups excluding carboxylic acids is 1. The Labute approximate surface area is 185 Å². The van der Waals surface area contributed by atoms with E-state index < -0.39 is 6.09 Å². The smallest absolute Gasteiger partial charge is 0.404 e. The van der Waals surface area contributed by atoms with Gasteiger partial charge >= 0.3 is 6.09 Å². The fourth-order valence-corrected chi connectivity index (χ4v) is 4.30. The van der Waals surface area contributed by atoms with E-state index in [1.807, 2.05) is 24.3 Å². The molecule has 2 heterocycles. The van der Waals surface area contributed by atoms with E-state index in [0.717, 1.165) is 42.1 Å². The number of nitrogens with zero attached hydrogens (tertiary/aromatic N) is 2. The predicted molar refractivity (Wildman–Crippen MR) is 120 cm³/mol. The summed E-state index contributed by atoms with van der Waals surface area (Å²) >= 11 is 0. The van der Waals surface area contributed by atoms with E-state index in [9.17, 15) is 14.8 Å². The van der Waals surface area contributed by atoms with Gasteiger partial charge in [-0.05, 0) is 49.7 Å². The number of carboxylic acid groups (broad SMARTS) is 1. The summed E-state index contributed by atoms with van der Waals surface area (Å²) in [7, 11) is 0. The Bertz CT molecular complexity index is 1110. The van der Waals surface area contributed by atoms with Gasteiger partial charge in [-0.25, -0.2) is 9.78 Å². The lowest BCUT2D eigenvalue weighted by molar-refractivity contribution is -0.605. The lowest BCUT2D eigenvalue weighted by Gasteiger charge is -2.28. The van der Waals surface area contributed by atoms with Gasteiger partial charge in [-0.1, -0.05) is 18.2 Å². The predicted octanol–water partition coefficient (Wildman–Crippen LogP) is 3.34. The van der Waals surface area contributed by atoms with Gasteiger partial charge in [0.1, 0.15) is 0 Å². The average molecular weight is 434 g/mol. The second-order valence-corrected chi connectivity index (χ2v) is 8.30. The summed E-state index contributed by atoms with van der Waals surface area (Å²) < 4.78 is 0.713. The number of hydrogen-bond acceptors (Lipinski definition) is 4. The summed E-state index contributed by atoms with van der Waals surface area (Å²) in [5.41, 5.74) is 2.69. The highest BCUT2D eigenvalue weighted by molar-refractivity contribution is 6.07. The van der Waals surface area contributed by atoms with E-state index in [2.05, 4.69) is 15.6 Å². The van der Waals surface area contributed by atoms with Crippen LogP contribution < -0.4 is 15.4 Å². The number of rotatable bonds is 6. The SMILES string of the molecule is O=C(O)NCC1CCC(CNC(=O)c2cc(-c3cc[n+]([O-])cc3)nc3ccccc23)CC1. The van der Waals surface area contributed by atoms with Crippen molar-refractivity contribution in [3.05, 3.63) is 65.6 Å². The number of fused-ring (bicyclic) bond motifs is 1. The van der Waals surface area contributed by atoms with Crippen molar-refractivity contribution < 1.29 is 19.4 Å². The molecular weight excluding hydrogens is 408 g/mol. The quantitative estimate of drug-likeness (QED) is 0.406. The van der Waals surface area contributed by atoms with Crippen LogP contribution in [0.5, 0.6) is 0 Å². The molecule has 2 aromatic heterocycles. The number of nitrogens with one attached hydrogen (secondary N) is 2. The average Bonchev–Trinajstić information content (AvgIpc) is 2.81. The lowest BCUT2D eigenvalue weighted by Crippen LogP contribution is -2.34. The molecule has 2 amide bonds. The van der Waals surface area contributed by atoms with Gasteiger partial charge in [-0.3, -0.25) is 4.79 Å². The van der Waals surface area contributed by atoms with E-state index >= 15 is 0 Å². The molecule has 3 N–H and O–H groups in total. The highest BCUT2D eigenvalue weighted by Crippen LogP contribution is 2.28. The largest absolute Gasteiger partial charge is 0.619 e. The van der Waals surface area contributed by atoms with E-state index in [1.165, 1.54) is 12.4 Å². The molecule has 0 radical (unpaired) electrons. The summed E-state index contributed by atoms with van der Waals surface area (Å²) in [5, 5.41) is 26.4. The minimum absolute atomic E-state index is 0.144. The minimum atomic E-state index is -0.981. The van der Waals surface area contributed by atoms with Gasteiger partial charge in [0.25, 0.3) is 5.91 Å². The third kappa shape index (κ3) is 5.14. The number of pyridine rings is 2. The van der Waals surface area contributed by atoms with Crippen molar-refractivity contribution >= 4 is 22.9 Å². The maximum Gasteiger partial charge on any atom is 0.404 e. The Morgan fingerprint density at radius 2 is 1.62 bits per heavy atom. The molecule has 0 spiro atoms. The Balaban J connectivity index is 1.45. The van der Waals surface area contributed by atoms with Crippen LogP contribution in [0.1, 0.15) is 36.0 Å². The maximum absolute atomic E-state index is 13.1.